The van der Waals surface area contributed by atoms with Gasteiger partial charge in [0, 0.05) is 40.4 Å². The first kappa shape index (κ1) is 11.4. The number of hydrogen-bond donors (Lipinski definition) is 1. The summed E-state index contributed by atoms with van der Waals surface area (Å²) in [5.41, 5.74) is 9.37. The van der Waals surface area contributed by atoms with Crippen molar-refractivity contribution in [3.05, 3.63) is 41.5 Å². The zero-order chi connectivity index (χ0) is 12.5. The normalized spacial score (nSPS) is 11.2. The molecule has 3 rings (SSSR count). The Morgan fingerprint density at radius 2 is 2.11 bits per heavy atom. The minimum atomic E-state index is 0.647. The fourth-order valence-electron chi connectivity index (χ4n) is 2.31. The molecule has 3 nitrogen and oxygen atoms in total. The molecule has 0 aliphatic rings. The minimum Gasteiger partial charge on any atom is -0.330 e. The Morgan fingerprint density at radius 1 is 1.28 bits per heavy atom. The van der Waals surface area contributed by atoms with E-state index in [0.29, 0.717) is 6.54 Å². The predicted octanol–water partition coefficient (Wildman–Crippen LogP) is 2.80. The van der Waals surface area contributed by atoms with Crippen LogP contribution in [0.4, 0.5) is 0 Å². The molecule has 3 aromatic rings. The standard InChI is InChI=1S/C14H15N3S/c1-17-13(6-7-15)11(8-16-17)12-9-18-14-5-3-2-4-10(12)14/h2-5,8-9H,6-7,15H2,1H3. The summed E-state index contributed by atoms with van der Waals surface area (Å²) in [6.07, 6.45) is 2.80. The lowest BCUT2D eigenvalue weighted by atomic mass is 10.0. The zero-order valence-electron chi connectivity index (χ0n) is 10.3. The summed E-state index contributed by atoms with van der Waals surface area (Å²) in [4.78, 5) is 0. The molecular formula is C14H15N3S. The van der Waals surface area contributed by atoms with E-state index in [1.807, 2.05) is 17.9 Å². The molecule has 2 N–H and O–H groups in total. The molecule has 0 aliphatic heterocycles. The molecule has 0 radical (unpaired) electrons. The van der Waals surface area contributed by atoms with Gasteiger partial charge in [0.25, 0.3) is 0 Å². The van der Waals surface area contributed by atoms with Crippen molar-refractivity contribution in [2.45, 2.75) is 6.42 Å². The Labute approximate surface area is 110 Å². The molecule has 0 fully saturated rings. The van der Waals surface area contributed by atoms with Gasteiger partial charge in [0.2, 0.25) is 0 Å². The minimum absolute atomic E-state index is 0.647. The number of fused-ring (bicyclic) bond motifs is 1. The van der Waals surface area contributed by atoms with Gasteiger partial charge >= 0.3 is 0 Å². The van der Waals surface area contributed by atoms with Gasteiger partial charge in [0.15, 0.2) is 0 Å². The summed E-state index contributed by atoms with van der Waals surface area (Å²) >= 11 is 1.78. The molecule has 92 valence electrons. The van der Waals surface area contributed by atoms with Crippen LogP contribution in [0.15, 0.2) is 35.8 Å². The summed E-state index contributed by atoms with van der Waals surface area (Å²) in [6.45, 7) is 0.647. The molecule has 0 bridgehead atoms. The highest BCUT2D eigenvalue weighted by molar-refractivity contribution is 7.17. The maximum absolute atomic E-state index is 5.69. The molecule has 0 aliphatic carbocycles. The Balaban J connectivity index is 2.20. The Hall–Kier alpha value is -1.65. The van der Waals surface area contributed by atoms with Crippen LogP contribution in [0.2, 0.25) is 0 Å². The maximum atomic E-state index is 5.69. The third-order valence-electron chi connectivity index (χ3n) is 3.21. The van der Waals surface area contributed by atoms with Gasteiger partial charge in [-0.15, -0.1) is 11.3 Å². The van der Waals surface area contributed by atoms with Crippen LogP contribution in [0.3, 0.4) is 0 Å². The molecule has 0 atom stereocenters. The van der Waals surface area contributed by atoms with E-state index in [1.54, 1.807) is 11.3 Å². The van der Waals surface area contributed by atoms with Crippen molar-refractivity contribution in [1.29, 1.82) is 0 Å². The van der Waals surface area contributed by atoms with E-state index < -0.39 is 0 Å². The first-order valence-electron chi connectivity index (χ1n) is 5.99. The van der Waals surface area contributed by atoms with E-state index in [1.165, 1.54) is 26.9 Å². The third kappa shape index (κ3) is 1.74. The number of nitrogens with two attached hydrogens (primary N) is 1. The van der Waals surface area contributed by atoms with E-state index in [4.69, 9.17) is 5.73 Å². The Kier molecular flexibility index (Phi) is 2.89. The van der Waals surface area contributed by atoms with E-state index >= 15 is 0 Å². The summed E-state index contributed by atoms with van der Waals surface area (Å²) < 4.78 is 3.24. The number of hydrogen-bond acceptors (Lipinski definition) is 3. The van der Waals surface area contributed by atoms with Crippen molar-refractivity contribution in [2.24, 2.45) is 12.8 Å². The van der Waals surface area contributed by atoms with Crippen molar-refractivity contribution in [2.75, 3.05) is 6.54 Å². The van der Waals surface area contributed by atoms with Gasteiger partial charge < -0.3 is 5.73 Å². The van der Waals surface area contributed by atoms with Crippen LogP contribution in [0.25, 0.3) is 21.2 Å². The largest absolute Gasteiger partial charge is 0.330 e. The van der Waals surface area contributed by atoms with Crippen LogP contribution >= 0.6 is 11.3 Å². The van der Waals surface area contributed by atoms with Crippen LogP contribution in [-0.2, 0) is 13.5 Å². The second-order valence-corrected chi connectivity index (χ2v) is 5.22. The smallest absolute Gasteiger partial charge is 0.0571 e. The summed E-state index contributed by atoms with van der Waals surface area (Å²) in [6, 6.07) is 8.48. The molecule has 0 saturated carbocycles. The van der Waals surface area contributed by atoms with Crippen molar-refractivity contribution < 1.29 is 0 Å². The first-order valence-corrected chi connectivity index (χ1v) is 6.87. The lowest BCUT2D eigenvalue weighted by Gasteiger charge is -2.04. The highest BCUT2D eigenvalue weighted by Gasteiger charge is 2.13. The molecular weight excluding hydrogens is 242 g/mol. The number of aromatic nitrogens is 2. The number of nitrogens with zero attached hydrogens (tertiary/aromatic N) is 2. The summed E-state index contributed by atoms with van der Waals surface area (Å²) in [5, 5.41) is 7.87. The predicted molar refractivity (Wildman–Crippen MR) is 76.8 cm³/mol. The van der Waals surface area contributed by atoms with Crippen LogP contribution in [0, 0.1) is 0 Å². The van der Waals surface area contributed by atoms with Gasteiger partial charge in [-0.25, -0.2) is 0 Å². The number of aryl methyl sites for hydroxylation is 1. The quantitative estimate of drug-likeness (QED) is 0.784. The summed E-state index contributed by atoms with van der Waals surface area (Å²) in [7, 11) is 1.98. The van der Waals surface area contributed by atoms with Crippen molar-refractivity contribution in [3.8, 4) is 11.1 Å². The molecule has 2 aromatic heterocycles. The van der Waals surface area contributed by atoms with Gasteiger partial charge in [0.1, 0.15) is 0 Å². The third-order valence-corrected chi connectivity index (χ3v) is 4.18. The van der Waals surface area contributed by atoms with Crippen LogP contribution < -0.4 is 5.73 Å². The first-order chi connectivity index (χ1) is 8.81. The molecule has 2 heterocycles. The fourth-order valence-corrected chi connectivity index (χ4v) is 3.27. The van der Waals surface area contributed by atoms with Crippen molar-refractivity contribution >= 4 is 21.4 Å². The van der Waals surface area contributed by atoms with Crippen LogP contribution in [-0.4, -0.2) is 16.3 Å². The zero-order valence-corrected chi connectivity index (χ0v) is 11.1. The molecule has 0 unspecified atom stereocenters. The summed E-state index contributed by atoms with van der Waals surface area (Å²) in [5.74, 6) is 0. The number of rotatable bonds is 3. The molecule has 1 aromatic carbocycles. The molecule has 0 amide bonds. The number of benzene rings is 1. The SMILES string of the molecule is Cn1ncc(-c2csc3ccccc23)c1CCN. The highest BCUT2D eigenvalue weighted by Crippen LogP contribution is 2.35. The van der Waals surface area contributed by atoms with Crippen LogP contribution in [0.5, 0.6) is 0 Å². The Bertz CT molecular complexity index is 681. The lowest BCUT2D eigenvalue weighted by Crippen LogP contribution is -2.08. The topological polar surface area (TPSA) is 43.8 Å². The van der Waals surface area contributed by atoms with Crippen molar-refractivity contribution in [3.63, 3.8) is 0 Å². The van der Waals surface area contributed by atoms with Crippen LogP contribution in [0.1, 0.15) is 5.69 Å². The molecule has 18 heavy (non-hydrogen) atoms. The van der Waals surface area contributed by atoms with Gasteiger partial charge in [-0.2, -0.15) is 5.10 Å². The second-order valence-electron chi connectivity index (χ2n) is 4.31. The van der Waals surface area contributed by atoms with Gasteiger partial charge in [-0.3, -0.25) is 4.68 Å². The van der Waals surface area contributed by atoms with Gasteiger partial charge in [0.05, 0.1) is 6.20 Å². The molecule has 0 spiro atoms. The second kappa shape index (κ2) is 4.55. The average Bonchev–Trinajstić information content (AvgIpc) is 2.95. The van der Waals surface area contributed by atoms with Gasteiger partial charge in [-0.1, -0.05) is 18.2 Å². The van der Waals surface area contributed by atoms with E-state index in [0.717, 1.165) is 6.42 Å². The van der Waals surface area contributed by atoms with Crippen molar-refractivity contribution in [1.82, 2.24) is 9.78 Å². The molecule has 0 saturated heterocycles. The fraction of sp³-hybridized carbons (Fsp3) is 0.214. The number of thiophene rings is 1. The monoisotopic (exact) mass is 257 g/mol. The Morgan fingerprint density at radius 3 is 2.94 bits per heavy atom. The highest BCUT2D eigenvalue weighted by atomic mass is 32.1. The van der Waals surface area contributed by atoms with E-state index in [2.05, 4.69) is 34.7 Å². The van der Waals surface area contributed by atoms with E-state index in [-0.39, 0.29) is 0 Å². The average molecular weight is 257 g/mol. The lowest BCUT2D eigenvalue weighted by molar-refractivity contribution is 0.707. The van der Waals surface area contributed by atoms with Gasteiger partial charge in [-0.05, 0) is 18.0 Å². The molecule has 4 heteroatoms. The van der Waals surface area contributed by atoms with E-state index in [9.17, 15) is 0 Å². The maximum Gasteiger partial charge on any atom is 0.0571 e.